The van der Waals surface area contributed by atoms with Crippen LogP contribution < -0.4 is 0 Å². The Kier molecular flexibility index (Phi) is 6.88. The molecule has 0 saturated carbocycles. The molecule has 0 spiro atoms. The Morgan fingerprint density at radius 1 is 1.04 bits per heavy atom. The number of ether oxygens (including phenoxy) is 1. The SMILES string of the molecule is CC[N+](C)(CC)CC(OC(=O)c1ccc(Cl)c(Cl)c1)c1ccccc1. The fourth-order valence-electron chi connectivity index (χ4n) is 2.58. The van der Waals surface area contributed by atoms with Crippen LogP contribution in [-0.4, -0.2) is 37.1 Å². The van der Waals surface area contributed by atoms with Crippen LogP contribution in [0, 0.1) is 0 Å². The first-order valence-electron chi connectivity index (χ1n) is 8.43. The third-order valence-corrected chi connectivity index (χ3v) is 5.45. The molecule has 25 heavy (non-hydrogen) atoms. The molecule has 134 valence electrons. The number of hydrogen-bond donors (Lipinski definition) is 0. The maximum absolute atomic E-state index is 12.6. The van der Waals surface area contributed by atoms with Crippen LogP contribution in [0.1, 0.15) is 35.9 Å². The van der Waals surface area contributed by atoms with Gasteiger partial charge in [0, 0.05) is 0 Å². The summed E-state index contributed by atoms with van der Waals surface area (Å²) in [5.41, 5.74) is 1.39. The summed E-state index contributed by atoms with van der Waals surface area (Å²) in [7, 11) is 2.17. The highest BCUT2D eigenvalue weighted by atomic mass is 35.5. The Morgan fingerprint density at radius 2 is 1.68 bits per heavy atom. The van der Waals surface area contributed by atoms with Gasteiger partial charge in [0.1, 0.15) is 6.54 Å². The molecule has 0 saturated heterocycles. The highest BCUT2D eigenvalue weighted by Crippen LogP contribution is 2.26. The standard InChI is InChI=1S/C20H24Cl2NO2/c1-4-23(3,5-2)14-19(15-9-7-6-8-10-15)25-20(24)16-11-12-17(21)18(22)13-16/h6-13,19H,4-5,14H2,1-3H3/q+1. The summed E-state index contributed by atoms with van der Waals surface area (Å²) in [6.45, 7) is 6.93. The molecule has 0 radical (unpaired) electrons. The van der Waals surface area contributed by atoms with Gasteiger partial charge >= 0.3 is 5.97 Å². The van der Waals surface area contributed by atoms with Gasteiger partial charge in [0.25, 0.3) is 0 Å². The number of nitrogens with zero attached hydrogens (tertiary/aromatic N) is 1. The number of hydrogen-bond acceptors (Lipinski definition) is 2. The molecular weight excluding hydrogens is 357 g/mol. The van der Waals surface area contributed by atoms with E-state index >= 15 is 0 Å². The van der Waals surface area contributed by atoms with Crippen molar-refractivity contribution in [2.75, 3.05) is 26.7 Å². The molecule has 0 amide bonds. The van der Waals surface area contributed by atoms with Crippen LogP contribution in [0.3, 0.4) is 0 Å². The first-order chi connectivity index (χ1) is 11.9. The molecule has 0 aliphatic carbocycles. The molecule has 0 fully saturated rings. The third kappa shape index (κ3) is 5.21. The number of likely N-dealkylation sites (N-methyl/N-ethyl adjacent to an activating group) is 1. The van der Waals surface area contributed by atoms with Crippen LogP contribution in [-0.2, 0) is 4.74 Å². The van der Waals surface area contributed by atoms with Gasteiger partial charge in [-0.3, -0.25) is 0 Å². The Labute approximate surface area is 159 Å². The van der Waals surface area contributed by atoms with Crippen molar-refractivity contribution in [2.45, 2.75) is 20.0 Å². The first kappa shape index (κ1) is 19.8. The van der Waals surface area contributed by atoms with Gasteiger partial charge in [-0.05, 0) is 37.6 Å². The van der Waals surface area contributed by atoms with Crippen LogP contribution >= 0.6 is 23.2 Å². The van der Waals surface area contributed by atoms with E-state index in [1.165, 1.54) is 0 Å². The zero-order valence-corrected chi connectivity index (χ0v) is 16.3. The lowest BCUT2D eigenvalue weighted by atomic mass is 10.1. The lowest BCUT2D eigenvalue weighted by Crippen LogP contribution is -2.47. The highest BCUT2D eigenvalue weighted by Gasteiger charge is 2.28. The van der Waals surface area contributed by atoms with E-state index in [-0.39, 0.29) is 6.10 Å². The summed E-state index contributed by atoms with van der Waals surface area (Å²) in [6, 6.07) is 14.6. The molecule has 2 aromatic carbocycles. The van der Waals surface area contributed by atoms with E-state index in [0.717, 1.165) is 23.1 Å². The monoisotopic (exact) mass is 380 g/mol. The molecule has 0 N–H and O–H groups in total. The van der Waals surface area contributed by atoms with Crippen molar-refractivity contribution in [3.8, 4) is 0 Å². The zero-order chi connectivity index (χ0) is 18.4. The number of halogens is 2. The molecule has 2 rings (SSSR count). The van der Waals surface area contributed by atoms with Crippen LogP contribution in [0.25, 0.3) is 0 Å². The fraction of sp³-hybridized carbons (Fsp3) is 0.350. The maximum Gasteiger partial charge on any atom is 0.339 e. The van der Waals surface area contributed by atoms with E-state index in [1.807, 2.05) is 30.3 Å². The smallest absolute Gasteiger partial charge is 0.339 e. The second kappa shape index (κ2) is 8.70. The van der Waals surface area contributed by atoms with Crippen LogP contribution in [0.5, 0.6) is 0 Å². The van der Waals surface area contributed by atoms with Gasteiger partial charge < -0.3 is 9.22 Å². The molecule has 0 heterocycles. The predicted molar refractivity (Wildman–Crippen MR) is 103 cm³/mol. The van der Waals surface area contributed by atoms with Crippen molar-refractivity contribution in [1.29, 1.82) is 0 Å². The Morgan fingerprint density at radius 3 is 2.24 bits per heavy atom. The molecular formula is C20H24Cl2NO2+. The molecule has 0 aliphatic heterocycles. The number of benzene rings is 2. The van der Waals surface area contributed by atoms with Crippen LogP contribution in [0.2, 0.25) is 10.0 Å². The molecule has 1 atom stereocenters. The van der Waals surface area contributed by atoms with Gasteiger partial charge in [-0.15, -0.1) is 0 Å². The van der Waals surface area contributed by atoms with Crippen LogP contribution in [0.15, 0.2) is 48.5 Å². The molecule has 2 aromatic rings. The van der Waals surface area contributed by atoms with Crippen molar-refractivity contribution < 1.29 is 14.0 Å². The molecule has 1 unspecified atom stereocenters. The number of esters is 1. The summed E-state index contributed by atoms with van der Waals surface area (Å²) in [4.78, 5) is 12.6. The predicted octanol–water partition coefficient (Wildman–Crippen LogP) is 5.38. The van der Waals surface area contributed by atoms with Crippen molar-refractivity contribution in [2.24, 2.45) is 0 Å². The quantitative estimate of drug-likeness (QED) is 0.476. The van der Waals surface area contributed by atoms with Crippen molar-refractivity contribution in [3.05, 3.63) is 69.7 Å². The van der Waals surface area contributed by atoms with Gasteiger partial charge in [-0.25, -0.2) is 4.79 Å². The Bertz CT molecular complexity index is 715. The number of rotatable bonds is 7. The second-order valence-corrected chi connectivity index (χ2v) is 7.18. The maximum atomic E-state index is 12.6. The minimum absolute atomic E-state index is 0.326. The summed E-state index contributed by atoms with van der Waals surface area (Å²) in [6.07, 6.45) is -0.326. The minimum Gasteiger partial charge on any atom is -0.448 e. The van der Waals surface area contributed by atoms with E-state index in [1.54, 1.807) is 18.2 Å². The molecule has 0 aliphatic rings. The number of carbonyl (C=O) groups is 1. The lowest BCUT2D eigenvalue weighted by Gasteiger charge is -2.35. The van der Waals surface area contributed by atoms with Gasteiger partial charge in [-0.2, -0.15) is 0 Å². The molecule has 0 aromatic heterocycles. The van der Waals surface area contributed by atoms with E-state index in [4.69, 9.17) is 27.9 Å². The highest BCUT2D eigenvalue weighted by molar-refractivity contribution is 6.42. The van der Waals surface area contributed by atoms with Gasteiger partial charge in [0.05, 0.1) is 35.7 Å². The first-order valence-corrected chi connectivity index (χ1v) is 9.18. The fourth-order valence-corrected chi connectivity index (χ4v) is 2.88. The summed E-state index contributed by atoms with van der Waals surface area (Å²) in [5, 5.41) is 0.758. The van der Waals surface area contributed by atoms with E-state index in [0.29, 0.717) is 22.2 Å². The largest absolute Gasteiger partial charge is 0.448 e. The number of quaternary nitrogens is 1. The van der Waals surface area contributed by atoms with Crippen LogP contribution in [0.4, 0.5) is 0 Å². The van der Waals surface area contributed by atoms with Crippen molar-refractivity contribution in [3.63, 3.8) is 0 Å². The van der Waals surface area contributed by atoms with Gasteiger partial charge in [-0.1, -0.05) is 53.5 Å². The molecule has 0 bridgehead atoms. The second-order valence-electron chi connectivity index (χ2n) is 6.37. The van der Waals surface area contributed by atoms with Crippen molar-refractivity contribution >= 4 is 29.2 Å². The number of carbonyl (C=O) groups excluding carboxylic acids is 1. The Balaban J connectivity index is 2.26. The van der Waals surface area contributed by atoms with Crippen molar-refractivity contribution in [1.82, 2.24) is 0 Å². The average Bonchev–Trinajstić information content (AvgIpc) is 2.64. The third-order valence-electron chi connectivity index (χ3n) is 4.71. The Hall–Kier alpha value is -1.55. The van der Waals surface area contributed by atoms with Gasteiger partial charge in [0.15, 0.2) is 6.10 Å². The topological polar surface area (TPSA) is 26.3 Å². The summed E-state index contributed by atoms with van der Waals surface area (Å²) >= 11 is 11.9. The molecule has 3 nitrogen and oxygen atoms in total. The van der Waals surface area contributed by atoms with E-state index < -0.39 is 5.97 Å². The summed E-state index contributed by atoms with van der Waals surface area (Å²) in [5.74, 6) is -0.397. The zero-order valence-electron chi connectivity index (χ0n) is 14.8. The lowest BCUT2D eigenvalue weighted by molar-refractivity contribution is -0.909. The van der Waals surface area contributed by atoms with Gasteiger partial charge in [0.2, 0.25) is 0 Å². The normalized spacial score (nSPS) is 12.7. The van der Waals surface area contributed by atoms with E-state index in [9.17, 15) is 4.79 Å². The minimum atomic E-state index is -0.397. The molecule has 5 heteroatoms. The summed E-state index contributed by atoms with van der Waals surface area (Å²) < 4.78 is 6.67. The van der Waals surface area contributed by atoms with E-state index in [2.05, 4.69) is 20.9 Å². The average molecular weight is 381 g/mol.